The maximum atomic E-state index is 13.1. The highest BCUT2D eigenvalue weighted by atomic mass is 35.5. The second-order valence-corrected chi connectivity index (χ2v) is 8.38. The van der Waals surface area contributed by atoms with E-state index in [1.165, 1.54) is 5.56 Å². The van der Waals surface area contributed by atoms with E-state index in [2.05, 4.69) is 46.6 Å². The monoisotopic (exact) mass is 418 g/mol. The summed E-state index contributed by atoms with van der Waals surface area (Å²) in [6.07, 6.45) is 1.77. The van der Waals surface area contributed by atoms with Gasteiger partial charge in [-0.25, -0.2) is 0 Å². The standard InChI is InChI=1S/C26H27ClN2O/c27-24-13-11-20(12-14-24)19-29-17-15-23(16-18-29)26(30)28-25(21-7-3-1-4-8-21)22-9-5-2-6-10-22/h1-14,23,25H,15-19H2,(H,28,30). The second-order valence-electron chi connectivity index (χ2n) is 7.94. The fourth-order valence-corrected chi connectivity index (χ4v) is 4.24. The molecule has 0 spiro atoms. The first-order valence-electron chi connectivity index (χ1n) is 10.6. The van der Waals surface area contributed by atoms with Crippen LogP contribution in [-0.2, 0) is 11.3 Å². The smallest absolute Gasteiger partial charge is 0.223 e. The summed E-state index contributed by atoms with van der Waals surface area (Å²) in [5, 5.41) is 4.08. The fourth-order valence-electron chi connectivity index (χ4n) is 4.11. The number of likely N-dealkylation sites (tertiary alicyclic amines) is 1. The first kappa shape index (κ1) is 20.6. The average molecular weight is 419 g/mol. The van der Waals surface area contributed by atoms with Gasteiger partial charge in [-0.2, -0.15) is 0 Å². The number of carbonyl (C=O) groups excluding carboxylic acids is 1. The molecule has 0 atom stereocenters. The summed E-state index contributed by atoms with van der Waals surface area (Å²) in [6, 6.07) is 28.3. The average Bonchev–Trinajstić information content (AvgIpc) is 2.80. The zero-order valence-corrected chi connectivity index (χ0v) is 17.8. The van der Waals surface area contributed by atoms with Gasteiger partial charge in [-0.05, 0) is 54.8 Å². The molecule has 30 heavy (non-hydrogen) atoms. The van der Waals surface area contributed by atoms with Gasteiger partial charge >= 0.3 is 0 Å². The third kappa shape index (κ3) is 5.29. The summed E-state index contributed by atoms with van der Waals surface area (Å²) in [5.74, 6) is 0.209. The van der Waals surface area contributed by atoms with Gasteiger partial charge in [-0.15, -0.1) is 0 Å². The minimum absolute atomic E-state index is 0.0568. The largest absolute Gasteiger partial charge is 0.345 e. The molecule has 0 bridgehead atoms. The van der Waals surface area contributed by atoms with Gasteiger partial charge in [0.15, 0.2) is 0 Å². The van der Waals surface area contributed by atoms with Crippen LogP contribution in [0.4, 0.5) is 0 Å². The van der Waals surface area contributed by atoms with Crippen molar-refractivity contribution in [3.8, 4) is 0 Å². The Balaban J connectivity index is 1.37. The molecule has 154 valence electrons. The molecule has 0 aromatic heterocycles. The van der Waals surface area contributed by atoms with Gasteiger partial charge in [0.2, 0.25) is 5.91 Å². The molecular weight excluding hydrogens is 392 g/mol. The molecule has 3 nitrogen and oxygen atoms in total. The van der Waals surface area contributed by atoms with Crippen molar-refractivity contribution < 1.29 is 4.79 Å². The Bertz CT molecular complexity index is 896. The van der Waals surface area contributed by atoms with E-state index in [1.807, 2.05) is 48.5 Å². The van der Waals surface area contributed by atoms with Crippen LogP contribution in [0.25, 0.3) is 0 Å². The van der Waals surface area contributed by atoms with E-state index in [9.17, 15) is 4.79 Å². The van der Waals surface area contributed by atoms with Crippen LogP contribution in [0.15, 0.2) is 84.9 Å². The van der Waals surface area contributed by atoms with Gasteiger partial charge in [0.05, 0.1) is 6.04 Å². The number of amides is 1. The Morgan fingerprint density at radius 1 is 0.867 bits per heavy atom. The van der Waals surface area contributed by atoms with E-state index in [0.29, 0.717) is 0 Å². The number of rotatable bonds is 6. The molecule has 4 heteroatoms. The van der Waals surface area contributed by atoms with Crippen molar-refractivity contribution >= 4 is 17.5 Å². The number of benzene rings is 3. The number of hydrogen-bond donors (Lipinski definition) is 1. The summed E-state index contributed by atoms with van der Waals surface area (Å²) in [7, 11) is 0. The highest BCUT2D eigenvalue weighted by Gasteiger charge is 2.27. The number of nitrogens with one attached hydrogen (secondary N) is 1. The van der Waals surface area contributed by atoms with Gasteiger partial charge in [-0.1, -0.05) is 84.4 Å². The minimum atomic E-state index is -0.119. The molecule has 1 amide bonds. The predicted molar refractivity (Wildman–Crippen MR) is 122 cm³/mol. The van der Waals surface area contributed by atoms with E-state index >= 15 is 0 Å². The van der Waals surface area contributed by atoms with Gasteiger partial charge in [-0.3, -0.25) is 9.69 Å². The number of piperidine rings is 1. The molecule has 0 unspecified atom stereocenters. The maximum absolute atomic E-state index is 13.1. The molecule has 0 aliphatic carbocycles. The maximum Gasteiger partial charge on any atom is 0.223 e. The predicted octanol–water partition coefficient (Wildman–Crippen LogP) is 5.46. The number of carbonyl (C=O) groups is 1. The third-order valence-electron chi connectivity index (χ3n) is 5.83. The van der Waals surface area contributed by atoms with Gasteiger partial charge in [0.1, 0.15) is 0 Å². The van der Waals surface area contributed by atoms with Crippen molar-refractivity contribution in [3.63, 3.8) is 0 Å². The summed E-state index contributed by atoms with van der Waals surface area (Å²) in [6.45, 7) is 2.77. The third-order valence-corrected chi connectivity index (χ3v) is 6.08. The van der Waals surface area contributed by atoms with E-state index in [4.69, 9.17) is 11.6 Å². The summed E-state index contributed by atoms with van der Waals surface area (Å²) in [5.41, 5.74) is 3.48. The van der Waals surface area contributed by atoms with E-state index in [-0.39, 0.29) is 17.9 Å². The highest BCUT2D eigenvalue weighted by molar-refractivity contribution is 6.30. The lowest BCUT2D eigenvalue weighted by atomic mass is 9.93. The van der Waals surface area contributed by atoms with Gasteiger partial charge in [0.25, 0.3) is 0 Å². The normalized spacial score (nSPS) is 15.3. The molecule has 1 aliphatic heterocycles. The van der Waals surface area contributed by atoms with E-state index in [0.717, 1.165) is 48.6 Å². The summed E-state index contributed by atoms with van der Waals surface area (Å²) < 4.78 is 0. The lowest BCUT2D eigenvalue weighted by molar-refractivity contribution is -0.127. The number of nitrogens with zero attached hydrogens (tertiary/aromatic N) is 1. The van der Waals surface area contributed by atoms with Crippen molar-refractivity contribution in [3.05, 3.63) is 107 Å². The van der Waals surface area contributed by atoms with Crippen LogP contribution in [0.3, 0.4) is 0 Å². The minimum Gasteiger partial charge on any atom is -0.345 e. The number of hydrogen-bond acceptors (Lipinski definition) is 2. The lowest BCUT2D eigenvalue weighted by Gasteiger charge is -2.32. The van der Waals surface area contributed by atoms with Crippen LogP contribution in [-0.4, -0.2) is 23.9 Å². The first-order chi connectivity index (χ1) is 14.7. The molecule has 0 radical (unpaired) electrons. The van der Waals surface area contributed by atoms with Crippen LogP contribution in [0.5, 0.6) is 0 Å². The Morgan fingerprint density at radius 2 is 1.40 bits per heavy atom. The van der Waals surface area contributed by atoms with Crippen LogP contribution in [0, 0.1) is 5.92 Å². The molecule has 1 saturated heterocycles. The first-order valence-corrected chi connectivity index (χ1v) is 10.9. The van der Waals surface area contributed by atoms with Crippen LogP contribution < -0.4 is 5.32 Å². The van der Waals surface area contributed by atoms with Crippen LogP contribution >= 0.6 is 11.6 Å². The zero-order chi connectivity index (χ0) is 20.8. The van der Waals surface area contributed by atoms with Crippen LogP contribution in [0.1, 0.15) is 35.6 Å². The topological polar surface area (TPSA) is 32.3 Å². The van der Waals surface area contributed by atoms with Gasteiger partial charge < -0.3 is 5.32 Å². The Kier molecular flexibility index (Phi) is 6.83. The van der Waals surface area contributed by atoms with E-state index in [1.54, 1.807) is 0 Å². The molecule has 0 saturated carbocycles. The number of halogens is 1. The Labute approximate surface area is 183 Å². The molecular formula is C26H27ClN2O. The van der Waals surface area contributed by atoms with Crippen molar-refractivity contribution in [2.75, 3.05) is 13.1 Å². The molecule has 3 aromatic rings. The quantitative estimate of drug-likeness (QED) is 0.576. The fraction of sp³-hybridized carbons (Fsp3) is 0.269. The zero-order valence-electron chi connectivity index (χ0n) is 17.0. The van der Waals surface area contributed by atoms with Crippen molar-refractivity contribution in [1.82, 2.24) is 10.2 Å². The second kappa shape index (κ2) is 9.92. The van der Waals surface area contributed by atoms with E-state index < -0.39 is 0 Å². The summed E-state index contributed by atoms with van der Waals surface area (Å²) in [4.78, 5) is 15.5. The summed E-state index contributed by atoms with van der Waals surface area (Å²) >= 11 is 5.98. The van der Waals surface area contributed by atoms with Crippen LogP contribution in [0.2, 0.25) is 5.02 Å². The van der Waals surface area contributed by atoms with Crippen molar-refractivity contribution in [1.29, 1.82) is 0 Å². The molecule has 1 aliphatic rings. The highest BCUT2D eigenvalue weighted by Crippen LogP contribution is 2.25. The molecule has 1 N–H and O–H groups in total. The molecule has 1 heterocycles. The Hall–Kier alpha value is -2.62. The SMILES string of the molecule is O=C(NC(c1ccccc1)c1ccccc1)C1CCN(Cc2ccc(Cl)cc2)CC1. The molecule has 4 rings (SSSR count). The van der Waals surface area contributed by atoms with Gasteiger partial charge in [0, 0.05) is 17.5 Å². The van der Waals surface area contributed by atoms with Crippen molar-refractivity contribution in [2.45, 2.75) is 25.4 Å². The molecule has 1 fully saturated rings. The Morgan fingerprint density at radius 3 is 1.93 bits per heavy atom. The molecule has 3 aromatic carbocycles. The van der Waals surface area contributed by atoms with Crippen molar-refractivity contribution in [2.24, 2.45) is 5.92 Å². The lowest BCUT2D eigenvalue weighted by Crippen LogP contribution is -2.41.